The third-order valence-corrected chi connectivity index (χ3v) is 3.20. The number of nitrogens with zero attached hydrogens (tertiary/aromatic N) is 3. The monoisotopic (exact) mass is 234 g/mol. The maximum Gasteiger partial charge on any atom is 0.236 e. The summed E-state index contributed by atoms with van der Waals surface area (Å²) < 4.78 is 0. The van der Waals surface area contributed by atoms with E-state index in [-0.39, 0.29) is 12.5 Å². The number of likely N-dealkylation sites (tertiary alicyclic amines) is 1. The maximum absolute atomic E-state index is 11.4. The molecule has 2 heterocycles. The van der Waals surface area contributed by atoms with Crippen LogP contribution in [0.15, 0.2) is 12.3 Å². The molecular weight excluding hydrogens is 216 g/mol. The van der Waals surface area contributed by atoms with Crippen LogP contribution in [0.25, 0.3) is 0 Å². The molecule has 0 bridgehead atoms. The second-order valence-electron chi connectivity index (χ2n) is 4.42. The van der Waals surface area contributed by atoms with Crippen molar-refractivity contribution in [2.24, 2.45) is 5.73 Å². The molecule has 1 aliphatic heterocycles. The van der Waals surface area contributed by atoms with Gasteiger partial charge in [-0.1, -0.05) is 0 Å². The lowest BCUT2D eigenvalue weighted by Gasteiger charge is -2.31. The van der Waals surface area contributed by atoms with Crippen LogP contribution in [0.3, 0.4) is 0 Å². The quantitative estimate of drug-likeness (QED) is 0.806. The third kappa shape index (κ3) is 2.79. The summed E-state index contributed by atoms with van der Waals surface area (Å²) in [5.74, 6) is 1.31. The Morgan fingerprint density at radius 3 is 2.82 bits per heavy atom. The number of carbonyl (C=O) groups is 1. The van der Waals surface area contributed by atoms with E-state index in [1.807, 2.05) is 17.9 Å². The second-order valence-corrected chi connectivity index (χ2v) is 4.42. The van der Waals surface area contributed by atoms with Gasteiger partial charge in [0.05, 0.1) is 6.54 Å². The Bertz CT molecular complexity index is 399. The number of piperidine rings is 1. The minimum atomic E-state index is 0.0358. The average Bonchev–Trinajstić information content (AvgIpc) is 2.38. The highest BCUT2D eigenvalue weighted by atomic mass is 16.2. The van der Waals surface area contributed by atoms with Gasteiger partial charge in [0, 0.05) is 30.9 Å². The number of hydrogen-bond donors (Lipinski definition) is 1. The molecule has 1 aromatic rings. The molecule has 0 aliphatic carbocycles. The fourth-order valence-electron chi connectivity index (χ4n) is 2.18. The molecule has 5 heteroatoms. The van der Waals surface area contributed by atoms with E-state index in [1.165, 1.54) is 0 Å². The van der Waals surface area contributed by atoms with Gasteiger partial charge in [0.2, 0.25) is 5.91 Å². The minimum Gasteiger partial charge on any atom is -0.342 e. The van der Waals surface area contributed by atoms with E-state index < -0.39 is 0 Å². The predicted octanol–water partition coefficient (Wildman–Crippen LogP) is 0.450. The van der Waals surface area contributed by atoms with E-state index >= 15 is 0 Å². The van der Waals surface area contributed by atoms with E-state index in [1.54, 1.807) is 6.20 Å². The fourth-order valence-corrected chi connectivity index (χ4v) is 2.18. The highest BCUT2D eigenvalue weighted by Gasteiger charge is 2.24. The molecule has 17 heavy (non-hydrogen) atoms. The van der Waals surface area contributed by atoms with E-state index in [4.69, 9.17) is 5.73 Å². The van der Waals surface area contributed by atoms with Crippen LogP contribution in [-0.2, 0) is 4.79 Å². The van der Waals surface area contributed by atoms with E-state index in [0.717, 1.165) is 37.4 Å². The highest BCUT2D eigenvalue weighted by molar-refractivity contribution is 5.78. The first kappa shape index (κ1) is 12.0. The van der Waals surface area contributed by atoms with Crippen molar-refractivity contribution < 1.29 is 4.79 Å². The molecule has 0 radical (unpaired) electrons. The molecule has 0 aromatic carbocycles. The van der Waals surface area contributed by atoms with Crippen molar-refractivity contribution in [2.75, 3.05) is 19.6 Å². The highest BCUT2D eigenvalue weighted by Crippen LogP contribution is 2.25. The van der Waals surface area contributed by atoms with Gasteiger partial charge in [0.1, 0.15) is 5.82 Å². The normalized spacial score (nSPS) is 17.2. The third-order valence-electron chi connectivity index (χ3n) is 3.20. The Balaban J connectivity index is 1.97. The number of amides is 1. The first-order valence-corrected chi connectivity index (χ1v) is 5.98. The SMILES string of the molecule is Cc1ccnc(C2CCN(C(=O)CN)CC2)n1. The molecule has 92 valence electrons. The molecule has 1 amide bonds. The van der Waals surface area contributed by atoms with Crippen molar-refractivity contribution in [1.82, 2.24) is 14.9 Å². The van der Waals surface area contributed by atoms with Gasteiger partial charge in [0.15, 0.2) is 0 Å². The van der Waals surface area contributed by atoms with Crippen molar-refractivity contribution in [1.29, 1.82) is 0 Å². The van der Waals surface area contributed by atoms with Crippen molar-refractivity contribution in [3.63, 3.8) is 0 Å². The number of nitrogens with two attached hydrogens (primary N) is 1. The van der Waals surface area contributed by atoms with Gasteiger partial charge in [-0.05, 0) is 25.8 Å². The standard InChI is InChI=1S/C12H18N4O/c1-9-2-5-14-12(15-9)10-3-6-16(7-4-10)11(17)8-13/h2,5,10H,3-4,6-8,13H2,1H3. The molecule has 0 atom stereocenters. The van der Waals surface area contributed by atoms with Crippen LogP contribution in [0.4, 0.5) is 0 Å². The van der Waals surface area contributed by atoms with Gasteiger partial charge in [-0.25, -0.2) is 9.97 Å². The van der Waals surface area contributed by atoms with Gasteiger partial charge in [-0.15, -0.1) is 0 Å². The van der Waals surface area contributed by atoms with Crippen LogP contribution in [0.2, 0.25) is 0 Å². The zero-order chi connectivity index (χ0) is 12.3. The lowest BCUT2D eigenvalue weighted by atomic mass is 9.96. The Morgan fingerprint density at radius 2 is 2.24 bits per heavy atom. The smallest absolute Gasteiger partial charge is 0.236 e. The molecule has 0 unspecified atom stereocenters. The van der Waals surface area contributed by atoms with Gasteiger partial charge < -0.3 is 10.6 Å². The Labute approximate surface area is 101 Å². The maximum atomic E-state index is 11.4. The largest absolute Gasteiger partial charge is 0.342 e. The number of aromatic nitrogens is 2. The summed E-state index contributed by atoms with van der Waals surface area (Å²) >= 11 is 0. The molecule has 1 fully saturated rings. The summed E-state index contributed by atoms with van der Waals surface area (Å²) in [4.78, 5) is 22.0. The Hall–Kier alpha value is -1.49. The Morgan fingerprint density at radius 1 is 1.53 bits per heavy atom. The van der Waals surface area contributed by atoms with Crippen LogP contribution in [0, 0.1) is 6.92 Å². The summed E-state index contributed by atoms with van der Waals surface area (Å²) in [5.41, 5.74) is 6.35. The van der Waals surface area contributed by atoms with Crippen molar-refractivity contribution in [2.45, 2.75) is 25.7 Å². The minimum absolute atomic E-state index is 0.0358. The van der Waals surface area contributed by atoms with Gasteiger partial charge in [0.25, 0.3) is 0 Å². The molecule has 0 spiro atoms. The van der Waals surface area contributed by atoms with Crippen LogP contribution in [0.5, 0.6) is 0 Å². The summed E-state index contributed by atoms with van der Waals surface area (Å²) in [7, 11) is 0. The van der Waals surface area contributed by atoms with E-state index in [2.05, 4.69) is 9.97 Å². The number of rotatable bonds is 2. The first-order valence-electron chi connectivity index (χ1n) is 5.98. The molecule has 1 saturated heterocycles. The average molecular weight is 234 g/mol. The van der Waals surface area contributed by atoms with Crippen LogP contribution < -0.4 is 5.73 Å². The van der Waals surface area contributed by atoms with Crippen molar-refractivity contribution in [3.8, 4) is 0 Å². The number of hydrogen-bond acceptors (Lipinski definition) is 4. The Kier molecular flexibility index (Phi) is 3.68. The molecule has 0 saturated carbocycles. The van der Waals surface area contributed by atoms with Crippen LogP contribution in [0.1, 0.15) is 30.3 Å². The van der Waals surface area contributed by atoms with Crippen molar-refractivity contribution >= 4 is 5.91 Å². The zero-order valence-electron chi connectivity index (χ0n) is 10.1. The number of carbonyl (C=O) groups excluding carboxylic acids is 1. The second kappa shape index (κ2) is 5.23. The summed E-state index contributed by atoms with van der Waals surface area (Å²) in [6, 6.07) is 1.90. The lowest BCUT2D eigenvalue weighted by Crippen LogP contribution is -2.41. The lowest BCUT2D eigenvalue weighted by molar-refractivity contribution is -0.130. The van der Waals surface area contributed by atoms with Crippen LogP contribution >= 0.6 is 0 Å². The zero-order valence-corrected chi connectivity index (χ0v) is 10.1. The summed E-state index contributed by atoms with van der Waals surface area (Å²) in [6.45, 7) is 3.60. The summed E-state index contributed by atoms with van der Waals surface area (Å²) in [5, 5.41) is 0. The predicted molar refractivity (Wildman–Crippen MR) is 64.4 cm³/mol. The molecule has 1 aromatic heterocycles. The van der Waals surface area contributed by atoms with Crippen molar-refractivity contribution in [3.05, 3.63) is 23.8 Å². The molecule has 2 rings (SSSR count). The molecule has 2 N–H and O–H groups in total. The van der Waals surface area contributed by atoms with E-state index in [9.17, 15) is 4.79 Å². The first-order chi connectivity index (χ1) is 8.20. The van der Waals surface area contributed by atoms with Gasteiger partial charge in [-0.2, -0.15) is 0 Å². The molecular formula is C12H18N4O. The molecule has 5 nitrogen and oxygen atoms in total. The van der Waals surface area contributed by atoms with E-state index in [0.29, 0.717) is 5.92 Å². The summed E-state index contributed by atoms with van der Waals surface area (Å²) in [6.07, 6.45) is 3.65. The molecule has 1 aliphatic rings. The van der Waals surface area contributed by atoms with Gasteiger partial charge in [-0.3, -0.25) is 4.79 Å². The van der Waals surface area contributed by atoms with Gasteiger partial charge >= 0.3 is 0 Å². The topological polar surface area (TPSA) is 72.1 Å². The number of aryl methyl sites for hydroxylation is 1. The van der Waals surface area contributed by atoms with Crippen LogP contribution in [-0.4, -0.2) is 40.4 Å². The fraction of sp³-hybridized carbons (Fsp3) is 0.583.